The Morgan fingerprint density at radius 1 is 1.32 bits per heavy atom. The van der Waals surface area contributed by atoms with Crippen molar-refractivity contribution in [2.24, 2.45) is 7.05 Å². The molecule has 1 aromatic heterocycles. The van der Waals surface area contributed by atoms with Crippen molar-refractivity contribution in [1.82, 2.24) is 9.78 Å². The van der Waals surface area contributed by atoms with Crippen molar-refractivity contribution in [3.05, 3.63) is 48.8 Å². The first-order valence-corrected chi connectivity index (χ1v) is 6.18. The highest BCUT2D eigenvalue weighted by Crippen LogP contribution is 2.18. The Labute approximate surface area is 125 Å². The molecule has 2 aromatic rings. The second-order valence-corrected chi connectivity index (χ2v) is 4.41. The van der Waals surface area contributed by atoms with Gasteiger partial charge in [0.15, 0.2) is 0 Å². The number of hydrogen-bond donors (Lipinski definition) is 2. The fraction of sp³-hybridized carbons (Fsp3) is 0.0714. The predicted octanol–water partition coefficient (Wildman–Crippen LogP) is 2.50. The third-order valence-electron chi connectivity index (χ3n) is 2.76. The summed E-state index contributed by atoms with van der Waals surface area (Å²) in [7, 11) is 1.73. The van der Waals surface area contributed by atoms with Crippen molar-refractivity contribution >= 4 is 28.9 Å². The number of halogens is 1. The number of nitrogens with one attached hydrogen (secondary N) is 2. The van der Waals surface area contributed by atoms with Crippen LogP contribution in [-0.4, -0.2) is 21.8 Å². The summed E-state index contributed by atoms with van der Waals surface area (Å²) < 4.78 is 13.2. The lowest BCUT2D eigenvalue weighted by molar-refractivity contribution is -0.111. The molecule has 0 atom stereocenters. The van der Waals surface area contributed by atoms with E-state index in [0.29, 0.717) is 11.3 Å². The first-order valence-electron chi connectivity index (χ1n) is 6.18. The van der Waals surface area contributed by atoms with E-state index in [9.17, 15) is 14.1 Å². The van der Waals surface area contributed by atoms with Gasteiger partial charge in [-0.3, -0.25) is 14.8 Å². The van der Waals surface area contributed by atoms with Crippen LogP contribution < -0.4 is 10.6 Å². The van der Waals surface area contributed by atoms with Gasteiger partial charge in [-0.15, -0.1) is 0 Å². The van der Waals surface area contributed by atoms with Crippen molar-refractivity contribution in [3.63, 3.8) is 0 Å². The molecule has 7 nitrogen and oxygen atoms in total. The maximum atomic E-state index is 12.1. The van der Waals surface area contributed by atoms with Crippen molar-refractivity contribution in [1.29, 1.82) is 0 Å². The number of aryl methyl sites for hydroxylation is 1. The number of nitrogens with zero attached hydrogens (tertiary/aromatic N) is 2. The van der Waals surface area contributed by atoms with Crippen LogP contribution in [0.1, 0.15) is 5.56 Å². The van der Waals surface area contributed by atoms with E-state index in [0.717, 1.165) is 0 Å². The van der Waals surface area contributed by atoms with E-state index in [-0.39, 0.29) is 11.3 Å². The Morgan fingerprint density at radius 2 is 2.00 bits per heavy atom. The number of amides is 2. The van der Waals surface area contributed by atoms with Gasteiger partial charge < -0.3 is 5.32 Å². The van der Waals surface area contributed by atoms with Crippen LogP contribution in [0.15, 0.2) is 43.2 Å². The smallest absolute Gasteiger partial charge is 0.322 e. The fourth-order valence-electron chi connectivity index (χ4n) is 1.73. The molecule has 22 heavy (non-hydrogen) atoms. The highest BCUT2D eigenvalue weighted by molar-refractivity contribution is 6.24. The summed E-state index contributed by atoms with van der Waals surface area (Å²) in [5, 5.41) is 8.73. The molecule has 0 unspecified atom stereocenters. The lowest BCUT2D eigenvalue weighted by atomic mass is 10.1. The van der Waals surface area contributed by atoms with Crippen molar-refractivity contribution < 1.29 is 19.1 Å². The van der Waals surface area contributed by atoms with Gasteiger partial charge in [0.25, 0.3) is 5.91 Å². The number of hydrogen-bond acceptors (Lipinski definition) is 4. The quantitative estimate of drug-likeness (QED) is 0.850. The summed E-state index contributed by atoms with van der Waals surface area (Å²) in [5.74, 6) is -0.418. The Morgan fingerprint density at radius 3 is 2.59 bits per heavy atom. The SMILES string of the molecule is C=C(C(=O)Nc1cccc(NC(=O)OF)c1)c1cnn(C)c1. The molecule has 0 aliphatic heterocycles. The molecule has 0 saturated carbocycles. The van der Waals surface area contributed by atoms with Crippen LogP contribution >= 0.6 is 0 Å². The number of rotatable bonds is 4. The lowest BCUT2D eigenvalue weighted by Gasteiger charge is -2.08. The molecule has 0 aliphatic rings. The third kappa shape index (κ3) is 3.69. The van der Waals surface area contributed by atoms with Crippen molar-refractivity contribution in [2.75, 3.05) is 10.6 Å². The number of benzene rings is 1. The van der Waals surface area contributed by atoms with Gasteiger partial charge in [0, 0.05) is 40.3 Å². The molecule has 1 heterocycles. The standard InChI is InChI=1S/C14H13FN4O3/c1-9(10-7-16-19(2)8-10)13(20)17-11-4-3-5-12(6-11)18-14(21)22-15/h3-8H,1H2,2H3,(H,17,20)(H,18,21). The zero-order valence-corrected chi connectivity index (χ0v) is 11.7. The van der Waals surface area contributed by atoms with E-state index in [2.05, 4.69) is 27.3 Å². The van der Waals surface area contributed by atoms with Crippen LogP contribution in [0.4, 0.5) is 20.7 Å². The van der Waals surface area contributed by atoms with Crippen LogP contribution in [0, 0.1) is 0 Å². The summed E-state index contributed by atoms with van der Waals surface area (Å²) in [6.07, 6.45) is 1.94. The first kappa shape index (κ1) is 15.2. The molecule has 2 rings (SSSR count). The van der Waals surface area contributed by atoms with Crippen molar-refractivity contribution in [2.45, 2.75) is 0 Å². The normalized spacial score (nSPS) is 9.91. The molecule has 1 aromatic carbocycles. The van der Waals surface area contributed by atoms with Gasteiger partial charge in [0.05, 0.1) is 6.20 Å². The molecule has 2 N–H and O–H groups in total. The largest absolute Gasteiger partial charge is 0.449 e. The molecule has 0 spiro atoms. The average Bonchev–Trinajstić information content (AvgIpc) is 2.93. The summed E-state index contributed by atoms with van der Waals surface area (Å²) in [5.41, 5.74) is 1.52. The van der Waals surface area contributed by atoms with Crippen LogP contribution in [0.3, 0.4) is 0 Å². The minimum absolute atomic E-state index is 0.245. The van der Waals surface area contributed by atoms with Gasteiger partial charge in [-0.05, 0) is 18.2 Å². The number of anilines is 2. The summed E-state index contributed by atoms with van der Waals surface area (Å²) >= 11 is 0. The first-order chi connectivity index (χ1) is 10.5. The maximum absolute atomic E-state index is 12.1. The number of aromatic nitrogens is 2. The van der Waals surface area contributed by atoms with E-state index in [4.69, 9.17) is 0 Å². The van der Waals surface area contributed by atoms with Gasteiger partial charge in [0.1, 0.15) is 0 Å². The zero-order chi connectivity index (χ0) is 16.1. The predicted molar refractivity (Wildman–Crippen MR) is 78.5 cm³/mol. The van der Waals surface area contributed by atoms with Gasteiger partial charge in [-0.2, -0.15) is 5.10 Å². The second kappa shape index (κ2) is 6.53. The van der Waals surface area contributed by atoms with Gasteiger partial charge >= 0.3 is 6.09 Å². The molecule has 0 aliphatic carbocycles. The van der Waals surface area contributed by atoms with Gasteiger partial charge in [-0.25, -0.2) is 9.74 Å². The van der Waals surface area contributed by atoms with Gasteiger partial charge in [0.2, 0.25) is 0 Å². The maximum Gasteiger partial charge on any atom is 0.449 e. The monoisotopic (exact) mass is 304 g/mol. The Balaban J connectivity index is 2.06. The van der Waals surface area contributed by atoms with Crippen LogP contribution in [0.25, 0.3) is 5.57 Å². The minimum Gasteiger partial charge on any atom is -0.322 e. The van der Waals surface area contributed by atoms with Crippen molar-refractivity contribution in [3.8, 4) is 0 Å². The van der Waals surface area contributed by atoms with Crippen LogP contribution in [0.2, 0.25) is 0 Å². The summed E-state index contributed by atoms with van der Waals surface area (Å²) in [6, 6.07) is 6.16. The molecular weight excluding hydrogens is 291 g/mol. The molecule has 0 bridgehead atoms. The number of carbonyl (C=O) groups excluding carboxylic acids is 2. The molecule has 114 valence electrons. The average molecular weight is 304 g/mol. The topological polar surface area (TPSA) is 85.2 Å². The Hall–Kier alpha value is -3.16. The van der Waals surface area contributed by atoms with E-state index in [1.54, 1.807) is 30.1 Å². The minimum atomic E-state index is -1.25. The number of carbonyl (C=O) groups is 2. The molecule has 0 fully saturated rings. The molecule has 2 amide bonds. The molecule has 8 heteroatoms. The second-order valence-electron chi connectivity index (χ2n) is 4.41. The lowest BCUT2D eigenvalue weighted by Crippen LogP contribution is -2.13. The van der Waals surface area contributed by atoms with E-state index < -0.39 is 12.0 Å². The van der Waals surface area contributed by atoms with E-state index >= 15 is 0 Å². The van der Waals surface area contributed by atoms with E-state index in [1.165, 1.54) is 18.3 Å². The molecule has 0 radical (unpaired) electrons. The van der Waals surface area contributed by atoms with E-state index in [1.807, 2.05) is 0 Å². The zero-order valence-electron chi connectivity index (χ0n) is 11.7. The highest BCUT2D eigenvalue weighted by atomic mass is 19.3. The highest BCUT2D eigenvalue weighted by Gasteiger charge is 2.12. The molecule has 0 saturated heterocycles. The Bertz CT molecular complexity index is 726. The fourth-order valence-corrected chi connectivity index (χ4v) is 1.73. The van der Waals surface area contributed by atoms with Gasteiger partial charge in [-0.1, -0.05) is 12.6 Å². The Kier molecular flexibility index (Phi) is 4.52. The molecular formula is C14H13FN4O3. The van der Waals surface area contributed by atoms with Crippen LogP contribution in [0.5, 0.6) is 0 Å². The summed E-state index contributed by atoms with van der Waals surface area (Å²) in [6.45, 7) is 3.71. The van der Waals surface area contributed by atoms with Crippen LogP contribution in [-0.2, 0) is 16.8 Å². The summed E-state index contributed by atoms with van der Waals surface area (Å²) in [4.78, 5) is 25.9. The third-order valence-corrected chi connectivity index (χ3v) is 2.76.